The van der Waals surface area contributed by atoms with Crippen LogP contribution >= 0.6 is 31.9 Å². The fraction of sp³-hybridized carbons (Fsp3) is 0.333. The molecule has 32 heavy (non-hydrogen) atoms. The number of halogens is 2. The second-order valence-corrected chi connectivity index (χ2v) is 11.0. The number of rotatable bonds is 4. The Kier molecular flexibility index (Phi) is 5.33. The van der Waals surface area contributed by atoms with E-state index < -0.39 is 0 Å². The van der Waals surface area contributed by atoms with Crippen molar-refractivity contribution in [3.05, 3.63) is 77.7 Å². The molecule has 6 nitrogen and oxygen atoms in total. The minimum Gasteiger partial charge on any atom is -0.310 e. The Morgan fingerprint density at radius 3 is 1.69 bits per heavy atom. The van der Waals surface area contributed by atoms with Gasteiger partial charge in [0.25, 0.3) is 11.1 Å². The molecule has 1 fully saturated rings. The Hall–Kier alpha value is -2.32. The number of aromatic nitrogens is 4. The van der Waals surface area contributed by atoms with Crippen LogP contribution in [0.25, 0.3) is 21.8 Å². The highest BCUT2D eigenvalue weighted by Gasteiger charge is 2.48. The molecule has 1 aliphatic rings. The van der Waals surface area contributed by atoms with Gasteiger partial charge >= 0.3 is 0 Å². The third kappa shape index (κ3) is 3.83. The fourth-order valence-electron chi connectivity index (χ4n) is 4.80. The van der Waals surface area contributed by atoms with Crippen LogP contribution in [0.2, 0.25) is 0 Å². The Morgan fingerprint density at radius 1 is 0.844 bits per heavy atom. The van der Waals surface area contributed by atoms with Crippen LogP contribution in [-0.2, 0) is 12.8 Å². The quantitative estimate of drug-likeness (QED) is 0.364. The van der Waals surface area contributed by atoms with Crippen molar-refractivity contribution in [3.63, 3.8) is 0 Å². The Morgan fingerprint density at radius 2 is 1.28 bits per heavy atom. The van der Waals surface area contributed by atoms with Crippen LogP contribution in [0, 0.1) is 17.3 Å². The number of fused-ring (bicyclic) bond motifs is 2. The van der Waals surface area contributed by atoms with E-state index in [1.54, 1.807) is 12.1 Å². The molecular weight excluding hydrogens is 536 g/mol. The summed E-state index contributed by atoms with van der Waals surface area (Å²) in [5.41, 5.74) is 1.25. The zero-order chi connectivity index (χ0) is 22.6. The molecule has 4 aromatic rings. The summed E-state index contributed by atoms with van der Waals surface area (Å²) in [6.45, 7) is 4.50. The second-order valence-electron chi connectivity index (χ2n) is 9.21. The number of nitrogens with one attached hydrogen (secondary N) is 2. The Labute approximate surface area is 201 Å². The predicted octanol–water partition coefficient (Wildman–Crippen LogP) is 5.13. The highest BCUT2D eigenvalue weighted by molar-refractivity contribution is 9.10. The number of hydrogen-bond donors (Lipinski definition) is 2. The summed E-state index contributed by atoms with van der Waals surface area (Å²) < 4.78 is 1.72. The standard InChI is InChI=1S/C24H22Br2N4O2/c1-24(2)12(8-20-27-18-5-3-14(25)10-16(18)22(31)29-20)7-13(24)9-21-28-19-6-4-15(26)11-17(19)23(32)30-21/h3-6,10-13H,7-9H2,1-2H3,(H,27,29,31)(H,28,30,32). The molecule has 1 saturated carbocycles. The van der Waals surface area contributed by atoms with E-state index in [-0.39, 0.29) is 16.5 Å². The van der Waals surface area contributed by atoms with Crippen LogP contribution in [0.4, 0.5) is 0 Å². The van der Waals surface area contributed by atoms with Crippen LogP contribution in [0.3, 0.4) is 0 Å². The second kappa shape index (κ2) is 7.92. The maximum atomic E-state index is 12.5. The molecule has 164 valence electrons. The molecule has 2 heterocycles. The van der Waals surface area contributed by atoms with Crippen LogP contribution in [0.1, 0.15) is 31.9 Å². The lowest BCUT2D eigenvalue weighted by molar-refractivity contribution is -0.0215. The first-order chi connectivity index (χ1) is 15.2. The molecule has 0 spiro atoms. The van der Waals surface area contributed by atoms with Gasteiger partial charge in [-0.3, -0.25) is 9.59 Å². The maximum Gasteiger partial charge on any atom is 0.258 e. The molecular formula is C24H22Br2N4O2. The molecule has 2 N–H and O–H groups in total. The van der Waals surface area contributed by atoms with Gasteiger partial charge in [0.15, 0.2) is 0 Å². The molecule has 0 radical (unpaired) electrons. The van der Waals surface area contributed by atoms with Crippen molar-refractivity contribution in [2.45, 2.75) is 33.1 Å². The summed E-state index contributed by atoms with van der Waals surface area (Å²) in [5, 5.41) is 1.18. The minimum atomic E-state index is -0.107. The fourth-order valence-corrected chi connectivity index (χ4v) is 5.52. The minimum absolute atomic E-state index is 0.0421. The Balaban J connectivity index is 1.34. The lowest BCUT2D eigenvalue weighted by atomic mass is 9.53. The van der Waals surface area contributed by atoms with Gasteiger partial charge < -0.3 is 9.97 Å². The average Bonchev–Trinajstić information content (AvgIpc) is 2.74. The van der Waals surface area contributed by atoms with Gasteiger partial charge in [-0.15, -0.1) is 0 Å². The molecule has 0 bridgehead atoms. The van der Waals surface area contributed by atoms with Crippen LogP contribution in [0.5, 0.6) is 0 Å². The average molecular weight is 558 g/mol. The molecule has 2 atom stereocenters. The van der Waals surface area contributed by atoms with Gasteiger partial charge in [-0.2, -0.15) is 0 Å². The third-order valence-corrected chi connectivity index (χ3v) is 7.97. The van der Waals surface area contributed by atoms with Gasteiger partial charge in [0.2, 0.25) is 0 Å². The highest BCUT2D eigenvalue weighted by atomic mass is 79.9. The van der Waals surface area contributed by atoms with Crippen molar-refractivity contribution in [3.8, 4) is 0 Å². The van der Waals surface area contributed by atoms with E-state index in [0.29, 0.717) is 33.6 Å². The molecule has 5 rings (SSSR count). The molecule has 1 aliphatic carbocycles. The number of hydrogen-bond acceptors (Lipinski definition) is 4. The topological polar surface area (TPSA) is 91.5 Å². The van der Waals surface area contributed by atoms with E-state index in [2.05, 4.69) is 65.6 Å². The van der Waals surface area contributed by atoms with Gasteiger partial charge in [-0.25, -0.2) is 9.97 Å². The van der Waals surface area contributed by atoms with E-state index in [0.717, 1.165) is 39.9 Å². The van der Waals surface area contributed by atoms with E-state index in [9.17, 15) is 9.59 Å². The van der Waals surface area contributed by atoms with Crippen molar-refractivity contribution < 1.29 is 0 Å². The summed E-state index contributed by atoms with van der Waals surface area (Å²) in [6.07, 6.45) is 2.44. The molecule has 0 saturated heterocycles. The Bertz CT molecular complexity index is 1370. The largest absolute Gasteiger partial charge is 0.310 e. The van der Waals surface area contributed by atoms with Crippen molar-refractivity contribution >= 4 is 53.7 Å². The summed E-state index contributed by atoms with van der Waals surface area (Å²) in [4.78, 5) is 40.3. The van der Waals surface area contributed by atoms with E-state index in [4.69, 9.17) is 0 Å². The normalized spacial score (nSPS) is 19.9. The lowest BCUT2D eigenvalue weighted by Crippen LogP contribution is -2.47. The third-order valence-electron chi connectivity index (χ3n) is 6.99. The lowest BCUT2D eigenvalue weighted by Gasteiger charge is -2.52. The number of nitrogens with zero attached hydrogens (tertiary/aromatic N) is 2. The maximum absolute atomic E-state index is 12.5. The smallest absolute Gasteiger partial charge is 0.258 e. The van der Waals surface area contributed by atoms with Gasteiger partial charge in [-0.1, -0.05) is 45.7 Å². The molecule has 2 aromatic heterocycles. The molecule has 2 aromatic carbocycles. The van der Waals surface area contributed by atoms with Gasteiger partial charge in [0.05, 0.1) is 21.8 Å². The monoisotopic (exact) mass is 556 g/mol. The van der Waals surface area contributed by atoms with Gasteiger partial charge in [0, 0.05) is 21.8 Å². The van der Waals surface area contributed by atoms with E-state index in [1.165, 1.54) is 0 Å². The zero-order valence-electron chi connectivity index (χ0n) is 17.7. The number of benzene rings is 2. The molecule has 8 heteroatoms. The molecule has 2 unspecified atom stereocenters. The predicted molar refractivity (Wildman–Crippen MR) is 133 cm³/mol. The summed E-state index contributed by atoms with van der Waals surface area (Å²) in [5.74, 6) is 2.24. The van der Waals surface area contributed by atoms with Crippen molar-refractivity contribution in [2.24, 2.45) is 17.3 Å². The van der Waals surface area contributed by atoms with Crippen molar-refractivity contribution in [1.82, 2.24) is 19.9 Å². The van der Waals surface area contributed by atoms with Gasteiger partial charge in [0.1, 0.15) is 11.6 Å². The number of aromatic amines is 2. The first-order valence-corrected chi connectivity index (χ1v) is 12.2. The van der Waals surface area contributed by atoms with Gasteiger partial charge in [-0.05, 0) is 60.1 Å². The van der Waals surface area contributed by atoms with E-state index >= 15 is 0 Å². The SMILES string of the molecule is CC1(C)C(Cc2nc3ccc(Br)cc3c(=O)[nH]2)CC1Cc1nc2ccc(Br)cc2c(=O)[nH]1. The molecule has 0 aliphatic heterocycles. The van der Waals surface area contributed by atoms with Crippen LogP contribution < -0.4 is 11.1 Å². The van der Waals surface area contributed by atoms with Crippen molar-refractivity contribution in [2.75, 3.05) is 0 Å². The first kappa shape index (κ1) is 21.5. The van der Waals surface area contributed by atoms with Crippen LogP contribution in [0.15, 0.2) is 54.9 Å². The zero-order valence-corrected chi connectivity index (χ0v) is 20.9. The van der Waals surface area contributed by atoms with Crippen molar-refractivity contribution in [1.29, 1.82) is 0 Å². The summed E-state index contributed by atoms with van der Waals surface area (Å²) in [6, 6.07) is 11.1. The van der Waals surface area contributed by atoms with Crippen LogP contribution in [-0.4, -0.2) is 19.9 Å². The highest BCUT2D eigenvalue weighted by Crippen LogP contribution is 2.53. The summed E-state index contributed by atoms with van der Waals surface area (Å²) >= 11 is 6.81. The molecule has 0 amide bonds. The van der Waals surface area contributed by atoms with E-state index in [1.807, 2.05) is 24.3 Å². The first-order valence-electron chi connectivity index (χ1n) is 10.6. The number of H-pyrrole nitrogens is 2. The summed E-state index contributed by atoms with van der Waals surface area (Å²) in [7, 11) is 0.